The number of rotatable bonds is 1. The number of imidazole rings is 1. The van der Waals surface area contributed by atoms with Crippen LogP contribution in [-0.2, 0) is 11.3 Å². The largest absolute Gasteiger partial charge is 0.491 e. The van der Waals surface area contributed by atoms with E-state index in [1.54, 1.807) is 27.0 Å². The van der Waals surface area contributed by atoms with Gasteiger partial charge in [0, 0.05) is 23.9 Å². The van der Waals surface area contributed by atoms with Crippen LogP contribution in [0.1, 0.15) is 69.4 Å². The van der Waals surface area contributed by atoms with Gasteiger partial charge in [0.1, 0.15) is 35.1 Å². The average molecular weight is 493 g/mol. The Morgan fingerprint density at radius 2 is 2.14 bits per heavy atom. The Hall–Kier alpha value is -3.64. The molecule has 1 saturated carbocycles. The van der Waals surface area contributed by atoms with Crippen LogP contribution in [0.5, 0.6) is 5.75 Å². The molecule has 9 nitrogen and oxygen atoms in total. The Balaban J connectivity index is 1.63. The summed E-state index contributed by atoms with van der Waals surface area (Å²) in [6, 6.07) is 5.46. The number of hydrogen-bond donors (Lipinski definition) is 2. The summed E-state index contributed by atoms with van der Waals surface area (Å²) in [4.78, 5) is 32.4. The molecule has 0 bridgehead atoms. The van der Waals surface area contributed by atoms with Gasteiger partial charge in [0.05, 0.1) is 12.1 Å². The SMILES string of the molecule is CC1CC/C(=N\C(=O)OC(C)(C)C)CC(O)(C#Cc2ccc3c(c2)-c2nc(C(N)=O)cn2CCO3)C1. The topological polar surface area (TPSA) is 129 Å². The maximum absolute atomic E-state index is 12.2. The molecule has 0 saturated heterocycles. The predicted molar refractivity (Wildman–Crippen MR) is 135 cm³/mol. The second-order valence-corrected chi connectivity index (χ2v) is 10.5. The highest BCUT2D eigenvalue weighted by molar-refractivity contribution is 5.94. The number of aromatic nitrogens is 2. The number of carbonyl (C=O) groups is 2. The van der Waals surface area contributed by atoms with E-state index >= 15 is 0 Å². The van der Waals surface area contributed by atoms with Crippen LogP contribution < -0.4 is 10.5 Å². The lowest BCUT2D eigenvalue weighted by Crippen LogP contribution is -2.30. The quantitative estimate of drug-likeness (QED) is 0.461. The number of benzene rings is 1. The van der Waals surface area contributed by atoms with Gasteiger partial charge in [-0.1, -0.05) is 18.8 Å². The highest BCUT2D eigenvalue weighted by Gasteiger charge is 2.33. The molecule has 4 rings (SSSR count). The second kappa shape index (κ2) is 9.78. The van der Waals surface area contributed by atoms with E-state index in [1.165, 1.54) is 0 Å². The summed E-state index contributed by atoms with van der Waals surface area (Å²) in [5.41, 5.74) is 5.57. The minimum Gasteiger partial charge on any atom is -0.491 e. The number of aliphatic hydroxyl groups is 1. The number of hydrogen-bond acceptors (Lipinski definition) is 6. The van der Waals surface area contributed by atoms with E-state index in [1.807, 2.05) is 22.8 Å². The van der Waals surface area contributed by atoms with Gasteiger partial charge in [0.15, 0.2) is 0 Å². The fraction of sp³-hybridized carbons (Fsp3) is 0.481. The molecule has 2 aliphatic rings. The maximum Gasteiger partial charge on any atom is 0.434 e. The fourth-order valence-corrected chi connectivity index (χ4v) is 4.47. The molecule has 36 heavy (non-hydrogen) atoms. The number of carbonyl (C=O) groups excluding carboxylic acids is 2. The first kappa shape index (κ1) is 25.5. The summed E-state index contributed by atoms with van der Waals surface area (Å²) in [6.07, 6.45) is 3.00. The summed E-state index contributed by atoms with van der Waals surface area (Å²) in [7, 11) is 0. The summed E-state index contributed by atoms with van der Waals surface area (Å²) in [5, 5.41) is 11.4. The third-order valence-electron chi connectivity index (χ3n) is 6.03. The van der Waals surface area contributed by atoms with Crippen LogP contribution in [0.3, 0.4) is 0 Å². The van der Waals surface area contributed by atoms with E-state index in [0.717, 1.165) is 6.42 Å². The summed E-state index contributed by atoms with van der Waals surface area (Å²) in [5.74, 6) is 6.95. The van der Waals surface area contributed by atoms with Crippen molar-refractivity contribution in [3.63, 3.8) is 0 Å². The van der Waals surface area contributed by atoms with E-state index in [-0.39, 0.29) is 18.0 Å². The molecule has 2 aromatic rings. The zero-order chi connectivity index (χ0) is 26.1. The summed E-state index contributed by atoms with van der Waals surface area (Å²) < 4.78 is 13.0. The lowest BCUT2D eigenvalue weighted by Gasteiger charge is -2.22. The van der Waals surface area contributed by atoms with Gasteiger partial charge in [-0.3, -0.25) is 4.79 Å². The van der Waals surface area contributed by atoms with Crippen LogP contribution in [0.4, 0.5) is 4.79 Å². The van der Waals surface area contributed by atoms with Gasteiger partial charge in [-0.2, -0.15) is 4.99 Å². The number of nitrogens with two attached hydrogens (primary N) is 1. The van der Waals surface area contributed by atoms with Crippen LogP contribution in [0, 0.1) is 17.8 Å². The Morgan fingerprint density at radius 1 is 1.36 bits per heavy atom. The Labute approximate surface area is 210 Å². The maximum atomic E-state index is 12.2. The van der Waals surface area contributed by atoms with Gasteiger partial charge in [-0.25, -0.2) is 9.78 Å². The first-order valence-corrected chi connectivity index (χ1v) is 12.1. The lowest BCUT2D eigenvalue weighted by atomic mass is 9.90. The number of nitrogens with zero attached hydrogens (tertiary/aromatic N) is 3. The monoisotopic (exact) mass is 492 g/mol. The minimum atomic E-state index is -1.34. The highest BCUT2D eigenvalue weighted by atomic mass is 16.6. The molecule has 2 amide bonds. The van der Waals surface area contributed by atoms with Crippen LogP contribution in [0.2, 0.25) is 0 Å². The molecule has 1 fully saturated rings. The number of aliphatic imine (C=N–C) groups is 1. The molecule has 2 atom stereocenters. The fourth-order valence-electron chi connectivity index (χ4n) is 4.47. The molecule has 1 aliphatic heterocycles. The van der Waals surface area contributed by atoms with Crippen molar-refractivity contribution < 1.29 is 24.2 Å². The standard InChI is InChI=1S/C27H32N4O5/c1-17-5-7-19(29-25(33)36-26(2,3)4)15-27(34,14-17)10-9-18-6-8-22-20(13-18)24-30-21(23(28)32)16-31(24)11-12-35-22/h6,8,13,16-17,34H,5,7,11-12,14-15H2,1-4H3,(H2,28,32)/b29-19+. The first-order valence-electron chi connectivity index (χ1n) is 12.1. The summed E-state index contributed by atoms with van der Waals surface area (Å²) in [6.45, 7) is 8.37. The molecule has 1 aromatic heterocycles. The van der Waals surface area contributed by atoms with Crippen molar-refractivity contribution in [3.8, 4) is 29.0 Å². The van der Waals surface area contributed by atoms with Gasteiger partial charge in [-0.15, -0.1) is 0 Å². The molecule has 3 N–H and O–H groups in total. The third kappa shape index (κ3) is 6.13. The van der Waals surface area contributed by atoms with Gasteiger partial charge in [0.2, 0.25) is 0 Å². The van der Waals surface area contributed by atoms with Crippen LogP contribution in [0.25, 0.3) is 11.4 Å². The Morgan fingerprint density at radius 3 is 2.86 bits per heavy atom. The average Bonchev–Trinajstić information content (AvgIpc) is 3.05. The molecule has 1 aromatic carbocycles. The zero-order valence-corrected chi connectivity index (χ0v) is 21.1. The number of ether oxygens (including phenoxy) is 2. The molecule has 0 radical (unpaired) electrons. The third-order valence-corrected chi connectivity index (χ3v) is 6.03. The van der Waals surface area contributed by atoms with Crippen LogP contribution in [0.15, 0.2) is 29.4 Å². The highest BCUT2D eigenvalue weighted by Crippen LogP contribution is 2.33. The van der Waals surface area contributed by atoms with Crippen molar-refractivity contribution in [3.05, 3.63) is 35.7 Å². The van der Waals surface area contributed by atoms with E-state index in [9.17, 15) is 14.7 Å². The van der Waals surface area contributed by atoms with Gasteiger partial charge >= 0.3 is 6.09 Å². The van der Waals surface area contributed by atoms with Crippen LogP contribution in [-0.4, -0.2) is 50.2 Å². The number of amides is 2. The second-order valence-electron chi connectivity index (χ2n) is 10.5. The minimum absolute atomic E-state index is 0.171. The van der Waals surface area contributed by atoms with E-state index in [2.05, 4.69) is 28.7 Å². The van der Waals surface area contributed by atoms with E-state index in [4.69, 9.17) is 15.2 Å². The van der Waals surface area contributed by atoms with E-state index in [0.29, 0.717) is 54.4 Å². The van der Waals surface area contributed by atoms with E-state index < -0.39 is 23.2 Å². The zero-order valence-electron chi connectivity index (χ0n) is 21.1. The molecule has 9 heteroatoms. The van der Waals surface area contributed by atoms with Crippen LogP contribution >= 0.6 is 0 Å². The molecular formula is C27H32N4O5. The first-order chi connectivity index (χ1) is 16.9. The number of fused-ring (bicyclic) bond motifs is 3. The smallest absolute Gasteiger partial charge is 0.434 e. The van der Waals surface area contributed by atoms with Gasteiger partial charge in [-0.05, 0) is 64.2 Å². The van der Waals surface area contributed by atoms with Crippen molar-refractivity contribution in [2.75, 3.05) is 6.61 Å². The molecule has 1 aliphatic carbocycles. The van der Waals surface area contributed by atoms with Gasteiger partial charge < -0.3 is 24.9 Å². The molecule has 2 unspecified atom stereocenters. The Bertz CT molecular complexity index is 1280. The molecular weight excluding hydrogens is 460 g/mol. The van der Waals surface area contributed by atoms with Crippen molar-refractivity contribution in [2.24, 2.45) is 16.6 Å². The summed E-state index contributed by atoms with van der Waals surface area (Å²) >= 11 is 0. The van der Waals surface area contributed by atoms with Gasteiger partial charge in [0.25, 0.3) is 5.91 Å². The van der Waals surface area contributed by atoms with Crippen molar-refractivity contribution in [1.29, 1.82) is 0 Å². The van der Waals surface area contributed by atoms with Crippen molar-refractivity contribution in [1.82, 2.24) is 9.55 Å². The van der Waals surface area contributed by atoms with Crippen molar-refractivity contribution >= 4 is 17.7 Å². The normalized spacial score (nSPS) is 22.7. The van der Waals surface area contributed by atoms with Crippen molar-refractivity contribution in [2.45, 2.75) is 71.1 Å². The molecule has 0 spiro atoms. The molecule has 190 valence electrons. The number of primary amides is 1. The predicted octanol–water partition coefficient (Wildman–Crippen LogP) is 3.71. The molecule has 2 heterocycles. The lowest BCUT2D eigenvalue weighted by molar-refractivity contribution is 0.0601. The Kier molecular flexibility index (Phi) is 6.92.